The number of methoxy groups -OCH3 is 1. The highest BCUT2D eigenvalue weighted by molar-refractivity contribution is 5.77. The van der Waals surface area contributed by atoms with Gasteiger partial charge in [-0.2, -0.15) is 0 Å². The molecule has 2 saturated heterocycles. The van der Waals surface area contributed by atoms with Gasteiger partial charge in [0.1, 0.15) is 6.61 Å². The first kappa shape index (κ1) is 35.2. The number of likely N-dealkylation sites (tertiary alicyclic amines) is 1. The number of hydrogen-bond donors (Lipinski definition) is 0. The molecule has 2 aliphatic heterocycles. The summed E-state index contributed by atoms with van der Waals surface area (Å²) in [4.78, 5) is 52.5. The van der Waals surface area contributed by atoms with Gasteiger partial charge >= 0.3 is 23.9 Å². The van der Waals surface area contributed by atoms with Crippen LogP contribution in [0.5, 0.6) is 11.5 Å². The van der Waals surface area contributed by atoms with Crippen molar-refractivity contribution in [3.05, 3.63) is 59.2 Å². The number of nitrogens with zero attached hydrogens (tertiary/aromatic N) is 1. The quantitative estimate of drug-likeness (QED) is 0.254. The van der Waals surface area contributed by atoms with Gasteiger partial charge in [-0.25, -0.2) is 4.79 Å². The molecule has 0 bridgehead atoms. The molecular weight excluding hydrogens is 622 g/mol. The standard InChI is InChI=1S/C36H45NO11/c1-6-16-37-17-10-13-26-18-27-25(19-28(26)37)14-15-29(43-20-24-11-8-7-9-12-24)30(27)47-36-34(46-23(4)40)32(45-22(3)39)31(44-21(2)38)33(48-36)35(41)42-5/h7-9,11-12,14-15,26,28,31-34,36H,6,10,13,16-20H2,1-5H3/t26-,28-,31+,32+,33?,34-,36-/m1/s1. The Labute approximate surface area is 280 Å². The lowest BCUT2D eigenvalue weighted by molar-refractivity contribution is -0.282. The molecular formula is C36H45NO11. The highest BCUT2D eigenvalue weighted by atomic mass is 16.7. The zero-order valence-electron chi connectivity index (χ0n) is 28.2. The zero-order valence-corrected chi connectivity index (χ0v) is 28.2. The number of esters is 4. The Morgan fingerprint density at radius 1 is 0.875 bits per heavy atom. The number of carbonyl (C=O) groups excluding carboxylic acids is 4. The summed E-state index contributed by atoms with van der Waals surface area (Å²) in [6, 6.07) is 14.0. The van der Waals surface area contributed by atoms with Gasteiger partial charge in [-0.3, -0.25) is 19.3 Å². The van der Waals surface area contributed by atoms with E-state index in [-0.39, 0.29) is 6.61 Å². The van der Waals surface area contributed by atoms with E-state index < -0.39 is 54.6 Å². The van der Waals surface area contributed by atoms with E-state index in [0.717, 1.165) is 76.4 Å². The van der Waals surface area contributed by atoms with E-state index in [9.17, 15) is 19.2 Å². The molecule has 0 radical (unpaired) electrons. The number of piperidine rings is 1. The molecule has 2 aromatic rings. The van der Waals surface area contributed by atoms with E-state index >= 15 is 0 Å². The van der Waals surface area contributed by atoms with Crippen LogP contribution in [-0.4, -0.2) is 85.7 Å². The second-order valence-electron chi connectivity index (χ2n) is 12.5. The Kier molecular flexibility index (Phi) is 11.6. The van der Waals surface area contributed by atoms with Crippen LogP contribution in [0.1, 0.15) is 63.6 Å². The summed E-state index contributed by atoms with van der Waals surface area (Å²) < 4.78 is 40.8. The molecule has 0 aromatic heterocycles. The van der Waals surface area contributed by atoms with Gasteiger partial charge in [0.05, 0.1) is 7.11 Å². The Hall–Kier alpha value is -4.16. The molecule has 0 spiro atoms. The number of carbonyl (C=O) groups is 4. The second kappa shape index (κ2) is 15.8. The van der Waals surface area contributed by atoms with Crippen LogP contribution in [0.2, 0.25) is 0 Å². The third-order valence-electron chi connectivity index (χ3n) is 9.07. The minimum absolute atomic E-state index is 0.251. The zero-order chi connectivity index (χ0) is 34.4. The molecule has 12 nitrogen and oxygen atoms in total. The van der Waals surface area contributed by atoms with Crippen molar-refractivity contribution in [1.82, 2.24) is 4.90 Å². The van der Waals surface area contributed by atoms with Gasteiger partial charge in [-0.15, -0.1) is 0 Å². The third kappa shape index (κ3) is 8.10. The van der Waals surface area contributed by atoms with Crippen LogP contribution in [0.4, 0.5) is 0 Å². The van der Waals surface area contributed by atoms with Crippen molar-refractivity contribution < 1.29 is 52.3 Å². The van der Waals surface area contributed by atoms with Crippen molar-refractivity contribution in [2.24, 2.45) is 5.92 Å². The van der Waals surface area contributed by atoms with Gasteiger partial charge in [0, 0.05) is 32.4 Å². The first-order chi connectivity index (χ1) is 23.1. The Bertz CT molecular complexity index is 1460. The Morgan fingerprint density at radius 3 is 2.23 bits per heavy atom. The van der Waals surface area contributed by atoms with E-state index in [2.05, 4.69) is 17.9 Å². The van der Waals surface area contributed by atoms with Crippen molar-refractivity contribution in [2.45, 2.75) is 103 Å². The van der Waals surface area contributed by atoms with Crippen molar-refractivity contribution in [1.29, 1.82) is 0 Å². The molecule has 2 aromatic carbocycles. The van der Waals surface area contributed by atoms with Gasteiger partial charge in [0.15, 0.2) is 29.8 Å². The van der Waals surface area contributed by atoms with E-state index in [1.165, 1.54) is 6.92 Å². The maximum absolute atomic E-state index is 13.0. The van der Waals surface area contributed by atoms with Crippen LogP contribution in [0, 0.1) is 5.92 Å². The SMILES string of the molecule is CCCN1CCC[C@@H]2Cc3c(ccc(OCc4ccccc4)c3O[C@@H]3OC(C(=O)OC)[C@@H](OC(C)=O)[C@H](OC(C)=O)[C@H]3OC(C)=O)C[C@H]21. The summed E-state index contributed by atoms with van der Waals surface area (Å²) in [6.45, 7) is 8.02. The summed E-state index contributed by atoms with van der Waals surface area (Å²) in [7, 11) is 1.15. The molecule has 260 valence electrons. The molecule has 12 heteroatoms. The van der Waals surface area contributed by atoms with Gasteiger partial charge in [-0.1, -0.05) is 43.3 Å². The van der Waals surface area contributed by atoms with Crippen molar-refractivity contribution >= 4 is 23.9 Å². The van der Waals surface area contributed by atoms with Gasteiger partial charge in [0.25, 0.3) is 0 Å². The van der Waals surface area contributed by atoms with Crippen LogP contribution >= 0.6 is 0 Å². The van der Waals surface area contributed by atoms with Crippen molar-refractivity contribution in [3.8, 4) is 11.5 Å². The fraction of sp³-hybridized carbons (Fsp3) is 0.556. The van der Waals surface area contributed by atoms with Crippen molar-refractivity contribution in [3.63, 3.8) is 0 Å². The van der Waals surface area contributed by atoms with E-state index in [1.54, 1.807) is 0 Å². The molecule has 3 aliphatic rings. The van der Waals surface area contributed by atoms with Crippen LogP contribution in [0.25, 0.3) is 0 Å². The molecule has 1 aliphatic carbocycles. The summed E-state index contributed by atoms with van der Waals surface area (Å²) in [5.41, 5.74) is 2.98. The van der Waals surface area contributed by atoms with Crippen LogP contribution < -0.4 is 9.47 Å². The van der Waals surface area contributed by atoms with Crippen molar-refractivity contribution in [2.75, 3.05) is 20.2 Å². The summed E-state index contributed by atoms with van der Waals surface area (Å²) >= 11 is 0. The lowest BCUT2D eigenvalue weighted by atomic mass is 9.75. The second-order valence-corrected chi connectivity index (χ2v) is 12.5. The average Bonchev–Trinajstić information content (AvgIpc) is 3.05. The minimum Gasteiger partial charge on any atom is -0.485 e. The largest absolute Gasteiger partial charge is 0.485 e. The summed E-state index contributed by atoms with van der Waals surface area (Å²) in [6.07, 6.45) is -2.66. The summed E-state index contributed by atoms with van der Waals surface area (Å²) in [5, 5.41) is 0. The molecule has 5 rings (SSSR count). The lowest BCUT2D eigenvalue weighted by Crippen LogP contribution is -2.64. The molecule has 48 heavy (non-hydrogen) atoms. The number of benzene rings is 2. The number of hydrogen-bond acceptors (Lipinski definition) is 12. The fourth-order valence-electron chi connectivity index (χ4n) is 7.13. The van der Waals surface area contributed by atoms with Crippen LogP contribution in [0.3, 0.4) is 0 Å². The average molecular weight is 668 g/mol. The van der Waals surface area contributed by atoms with Crippen LogP contribution in [-0.2, 0) is 62.3 Å². The molecule has 0 saturated carbocycles. The fourth-order valence-corrected chi connectivity index (χ4v) is 7.13. The van der Waals surface area contributed by atoms with E-state index in [0.29, 0.717) is 29.9 Å². The number of fused-ring (bicyclic) bond motifs is 2. The predicted molar refractivity (Wildman–Crippen MR) is 171 cm³/mol. The topological polar surface area (TPSA) is 136 Å². The smallest absolute Gasteiger partial charge is 0.339 e. The highest BCUT2D eigenvalue weighted by Crippen LogP contribution is 2.44. The number of rotatable bonds is 11. The monoisotopic (exact) mass is 667 g/mol. The maximum atomic E-state index is 13.0. The molecule has 0 amide bonds. The maximum Gasteiger partial charge on any atom is 0.339 e. The highest BCUT2D eigenvalue weighted by Gasteiger charge is 2.56. The molecule has 2 fully saturated rings. The van der Waals surface area contributed by atoms with Gasteiger partial charge in [0.2, 0.25) is 12.4 Å². The summed E-state index contributed by atoms with van der Waals surface area (Å²) in [5.74, 6) is -1.97. The predicted octanol–water partition coefficient (Wildman–Crippen LogP) is 3.93. The van der Waals surface area contributed by atoms with E-state index in [4.69, 9.17) is 33.2 Å². The molecule has 1 unspecified atom stereocenters. The number of ether oxygens (including phenoxy) is 7. The molecule has 2 heterocycles. The third-order valence-corrected chi connectivity index (χ3v) is 9.07. The minimum atomic E-state index is -1.57. The van der Waals surface area contributed by atoms with Gasteiger partial charge in [-0.05, 0) is 68.3 Å². The molecule has 0 N–H and O–H groups in total. The van der Waals surface area contributed by atoms with E-state index in [1.807, 2.05) is 36.4 Å². The normalized spacial score (nSPS) is 26.6. The Balaban J connectivity index is 1.58. The lowest BCUT2D eigenvalue weighted by Gasteiger charge is -2.46. The first-order valence-corrected chi connectivity index (χ1v) is 16.6. The Morgan fingerprint density at radius 2 is 1.56 bits per heavy atom. The van der Waals surface area contributed by atoms with Gasteiger partial charge < -0.3 is 33.2 Å². The first-order valence-electron chi connectivity index (χ1n) is 16.6. The molecule has 7 atom stereocenters. The van der Waals surface area contributed by atoms with Crippen LogP contribution in [0.15, 0.2) is 42.5 Å².